The molecule has 2 rings (SSSR count). The summed E-state index contributed by atoms with van der Waals surface area (Å²) in [5.74, 6) is -0.318. The van der Waals surface area contributed by atoms with E-state index in [0.29, 0.717) is 31.4 Å². The molecule has 2 N–H and O–H groups in total. The number of aliphatic hydroxyl groups is 1. The number of hydrogen-bond donors (Lipinski definition) is 2. The maximum atomic E-state index is 14.2. The molecule has 0 radical (unpaired) electrons. The Kier molecular flexibility index (Phi) is 9.10. The number of rotatable bonds is 8. The molecule has 1 aromatic rings. The number of hydrogen-bond acceptors (Lipinski definition) is 5. The van der Waals surface area contributed by atoms with Crippen LogP contribution in [0, 0.1) is 11.7 Å². The normalized spacial score (nSPS) is 16.0. The number of likely N-dealkylation sites (tertiary alicyclic amines) is 1. The highest BCUT2D eigenvalue weighted by Gasteiger charge is 2.26. The first-order chi connectivity index (χ1) is 14.5. The van der Waals surface area contributed by atoms with Gasteiger partial charge in [-0.3, -0.25) is 4.79 Å². The van der Waals surface area contributed by atoms with Crippen molar-refractivity contribution in [3.05, 3.63) is 29.6 Å². The molecule has 0 aliphatic carbocycles. The molecule has 0 saturated carbocycles. The average Bonchev–Trinajstić information content (AvgIpc) is 2.68. The second-order valence-electron chi connectivity index (χ2n) is 9.10. The van der Waals surface area contributed by atoms with Crippen molar-refractivity contribution in [3.63, 3.8) is 0 Å². The molecule has 1 heterocycles. The standard InChI is InChI=1S/C23H35FN2O5/c1-16(27)15-25-21(28)19-8-7-18(14-20(19)24)30-13-5-6-17-9-11-26(12-10-17)22(29)31-23(2,3)4/h7-8,14,16-17,27H,5-6,9-13,15H2,1-4H3,(H,25,28). The Labute approximate surface area is 183 Å². The number of ether oxygens (including phenoxy) is 2. The molecule has 2 amide bonds. The number of amides is 2. The van der Waals surface area contributed by atoms with Gasteiger partial charge in [0.15, 0.2) is 0 Å². The van der Waals surface area contributed by atoms with Crippen molar-refractivity contribution in [2.75, 3.05) is 26.2 Å². The van der Waals surface area contributed by atoms with E-state index < -0.39 is 23.4 Å². The quantitative estimate of drug-likeness (QED) is 0.604. The van der Waals surface area contributed by atoms with Crippen LogP contribution in [0.15, 0.2) is 18.2 Å². The van der Waals surface area contributed by atoms with Crippen LogP contribution in [0.1, 0.15) is 63.7 Å². The van der Waals surface area contributed by atoms with Crippen molar-refractivity contribution in [3.8, 4) is 5.75 Å². The summed E-state index contributed by atoms with van der Waals surface area (Å²) in [6, 6.07) is 4.16. The number of nitrogens with zero attached hydrogens (tertiary/aromatic N) is 1. The van der Waals surface area contributed by atoms with Crippen molar-refractivity contribution >= 4 is 12.0 Å². The molecule has 0 bridgehead atoms. The Morgan fingerprint density at radius 3 is 2.55 bits per heavy atom. The maximum Gasteiger partial charge on any atom is 0.410 e. The van der Waals surface area contributed by atoms with Crippen LogP contribution in [0.3, 0.4) is 0 Å². The Morgan fingerprint density at radius 1 is 1.29 bits per heavy atom. The van der Waals surface area contributed by atoms with Crippen LogP contribution in [-0.4, -0.2) is 60.0 Å². The summed E-state index contributed by atoms with van der Waals surface area (Å²) in [5.41, 5.74) is -0.560. The lowest BCUT2D eigenvalue weighted by Gasteiger charge is -2.33. The van der Waals surface area contributed by atoms with Crippen molar-refractivity contribution in [1.82, 2.24) is 10.2 Å². The topological polar surface area (TPSA) is 88.1 Å². The van der Waals surface area contributed by atoms with Gasteiger partial charge in [0.25, 0.3) is 5.91 Å². The van der Waals surface area contributed by atoms with Crippen molar-refractivity contribution in [1.29, 1.82) is 0 Å². The van der Waals surface area contributed by atoms with E-state index in [2.05, 4.69) is 5.32 Å². The molecular formula is C23H35FN2O5. The molecule has 1 fully saturated rings. The molecular weight excluding hydrogens is 403 g/mol. The first-order valence-electron chi connectivity index (χ1n) is 10.9. The molecule has 174 valence electrons. The largest absolute Gasteiger partial charge is 0.493 e. The van der Waals surface area contributed by atoms with Gasteiger partial charge >= 0.3 is 6.09 Å². The van der Waals surface area contributed by atoms with Crippen LogP contribution in [0.5, 0.6) is 5.75 Å². The average molecular weight is 439 g/mol. The lowest BCUT2D eigenvalue weighted by Crippen LogP contribution is -2.41. The number of carbonyl (C=O) groups is 2. The maximum absolute atomic E-state index is 14.2. The zero-order valence-electron chi connectivity index (χ0n) is 18.9. The molecule has 31 heavy (non-hydrogen) atoms. The Balaban J connectivity index is 1.68. The van der Waals surface area contributed by atoms with Crippen molar-refractivity contribution in [2.45, 2.75) is 65.1 Å². The van der Waals surface area contributed by atoms with Gasteiger partial charge in [0.2, 0.25) is 0 Å². The van der Waals surface area contributed by atoms with Crippen LogP contribution in [0.2, 0.25) is 0 Å². The fourth-order valence-electron chi connectivity index (χ4n) is 3.40. The van der Waals surface area contributed by atoms with E-state index >= 15 is 0 Å². The fraction of sp³-hybridized carbons (Fsp3) is 0.652. The van der Waals surface area contributed by atoms with Crippen LogP contribution < -0.4 is 10.1 Å². The summed E-state index contributed by atoms with van der Waals surface area (Å²) >= 11 is 0. The number of benzene rings is 1. The molecule has 1 aliphatic heterocycles. The van der Waals surface area contributed by atoms with Gasteiger partial charge in [0.05, 0.1) is 18.3 Å². The molecule has 1 atom stereocenters. The zero-order chi connectivity index (χ0) is 23.0. The summed E-state index contributed by atoms with van der Waals surface area (Å²) < 4.78 is 25.2. The molecule has 1 unspecified atom stereocenters. The van der Waals surface area contributed by atoms with E-state index in [9.17, 15) is 19.1 Å². The Morgan fingerprint density at radius 2 is 1.97 bits per heavy atom. The van der Waals surface area contributed by atoms with E-state index in [1.807, 2.05) is 20.8 Å². The number of carbonyl (C=O) groups excluding carboxylic acids is 2. The smallest absolute Gasteiger partial charge is 0.410 e. The SMILES string of the molecule is CC(O)CNC(=O)c1ccc(OCCCC2CCN(C(=O)OC(C)(C)C)CC2)cc1F. The lowest BCUT2D eigenvalue weighted by molar-refractivity contribution is 0.0179. The molecule has 0 spiro atoms. The van der Waals surface area contributed by atoms with Gasteiger partial charge in [0, 0.05) is 25.7 Å². The van der Waals surface area contributed by atoms with Gasteiger partial charge in [-0.05, 0) is 71.4 Å². The highest BCUT2D eigenvalue weighted by Crippen LogP contribution is 2.24. The van der Waals surface area contributed by atoms with E-state index in [1.54, 1.807) is 11.0 Å². The molecule has 0 aromatic heterocycles. The van der Waals surface area contributed by atoms with Crippen LogP contribution in [0.4, 0.5) is 9.18 Å². The highest BCUT2D eigenvalue weighted by atomic mass is 19.1. The summed E-state index contributed by atoms with van der Waals surface area (Å²) in [7, 11) is 0. The van der Waals surface area contributed by atoms with Gasteiger partial charge in [-0.25, -0.2) is 9.18 Å². The third-order valence-corrected chi connectivity index (χ3v) is 5.03. The van der Waals surface area contributed by atoms with Crippen LogP contribution in [-0.2, 0) is 4.74 Å². The monoisotopic (exact) mass is 438 g/mol. The number of halogens is 1. The highest BCUT2D eigenvalue weighted by molar-refractivity contribution is 5.94. The number of piperidine rings is 1. The molecule has 8 heteroatoms. The van der Waals surface area contributed by atoms with Gasteiger partial charge < -0.3 is 24.8 Å². The summed E-state index contributed by atoms with van der Waals surface area (Å²) in [6.07, 6.45) is 2.73. The van der Waals surface area contributed by atoms with Gasteiger partial charge in [-0.15, -0.1) is 0 Å². The third kappa shape index (κ3) is 8.73. The minimum absolute atomic E-state index is 0.0627. The summed E-state index contributed by atoms with van der Waals surface area (Å²) in [5, 5.41) is 11.7. The van der Waals surface area contributed by atoms with Crippen molar-refractivity contribution < 1.29 is 28.6 Å². The third-order valence-electron chi connectivity index (χ3n) is 5.03. The molecule has 1 saturated heterocycles. The Hall–Kier alpha value is -2.35. The first kappa shape index (κ1) is 24.9. The minimum atomic E-state index is -0.695. The molecule has 7 nitrogen and oxygen atoms in total. The van der Waals surface area contributed by atoms with E-state index in [1.165, 1.54) is 19.1 Å². The van der Waals surface area contributed by atoms with Crippen LogP contribution >= 0.6 is 0 Å². The van der Waals surface area contributed by atoms with Gasteiger partial charge in [0.1, 0.15) is 17.2 Å². The minimum Gasteiger partial charge on any atom is -0.493 e. The second-order valence-corrected chi connectivity index (χ2v) is 9.10. The predicted molar refractivity (Wildman–Crippen MR) is 116 cm³/mol. The van der Waals surface area contributed by atoms with Crippen LogP contribution in [0.25, 0.3) is 0 Å². The summed E-state index contributed by atoms with van der Waals surface area (Å²) in [6.45, 7) is 9.05. The predicted octanol–water partition coefficient (Wildman–Crippen LogP) is 3.74. The van der Waals surface area contributed by atoms with E-state index in [-0.39, 0.29) is 18.2 Å². The second kappa shape index (κ2) is 11.3. The fourth-order valence-corrected chi connectivity index (χ4v) is 3.40. The van der Waals surface area contributed by atoms with Gasteiger partial charge in [-0.2, -0.15) is 0 Å². The number of nitrogens with one attached hydrogen (secondary N) is 1. The molecule has 1 aromatic carbocycles. The Bertz CT molecular complexity index is 740. The zero-order valence-corrected chi connectivity index (χ0v) is 18.9. The van der Waals surface area contributed by atoms with Gasteiger partial charge in [-0.1, -0.05) is 0 Å². The lowest BCUT2D eigenvalue weighted by atomic mass is 9.92. The first-order valence-corrected chi connectivity index (χ1v) is 10.9. The molecule has 1 aliphatic rings. The summed E-state index contributed by atoms with van der Waals surface area (Å²) in [4.78, 5) is 25.8. The van der Waals surface area contributed by atoms with E-state index in [4.69, 9.17) is 9.47 Å². The van der Waals surface area contributed by atoms with Crippen molar-refractivity contribution in [2.24, 2.45) is 5.92 Å². The van der Waals surface area contributed by atoms with E-state index in [0.717, 1.165) is 25.7 Å². The number of aliphatic hydroxyl groups excluding tert-OH is 1.